The summed E-state index contributed by atoms with van der Waals surface area (Å²) in [6.45, 7) is 0.630. The van der Waals surface area contributed by atoms with Crippen LogP contribution in [0.2, 0.25) is 5.02 Å². The van der Waals surface area contributed by atoms with Crippen molar-refractivity contribution in [2.45, 2.75) is 23.8 Å². The highest BCUT2D eigenvalue weighted by Crippen LogP contribution is 2.25. The summed E-state index contributed by atoms with van der Waals surface area (Å²) in [4.78, 5) is 12.6. The van der Waals surface area contributed by atoms with Gasteiger partial charge in [0.2, 0.25) is 10.0 Å². The predicted molar refractivity (Wildman–Crippen MR) is 105 cm³/mol. The Morgan fingerprint density at radius 3 is 2.39 bits per heavy atom. The number of carbonyl (C=O) groups is 1. The molecule has 0 unspecified atom stereocenters. The van der Waals surface area contributed by atoms with E-state index in [1.807, 2.05) is 0 Å². The maximum atomic E-state index is 12.8. The zero-order valence-corrected chi connectivity index (χ0v) is 16.8. The van der Waals surface area contributed by atoms with E-state index in [-0.39, 0.29) is 27.6 Å². The van der Waals surface area contributed by atoms with Crippen LogP contribution in [0.4, 0.5) is 0 Å². The molecule has 3 rings (SSSR count). The van der Waals surface area contributed by atoms with Crippen LogP contribution >= 0.6 is 11.6 Å². The highest BCUT2D eigenvalue weighted by molar-refractivity contribution is 7.89. The Balaban J connectivity index is 1.60. The number of aromatic hydroxyl groups is 1. The van der Waals surface area contributed by atoms with Crippen molar-refractivity contribution in [2.75, 3.05) is 20.2 Å². The van der Waals surface area contributed by atoms with Crippen molar-refractivity contribution in [3.8, 4) is 11.5 Å². The fourth-order valence-electron chi connectivity index (χ4n) is 3.05. The lowest BCUT2D eigenvalue weighted by molar-refractivity contribution is 0.0924. The number of ether oxygens (including phenoxy) is 1. The van der Waals surface area contributed by atoms with Crippen molar-refractivity contribution in [3.63, 3.8) is 0 Å². The Bertz CT molecular complexity index is 955. The number of phenols is 1. The van der Waals surface area contributed by atoms with Gasteiger partial charge in [0.15, 0.2) is 0 Å². The molecule has 9 heteroatoms. The Morgan fingerprint density at radius 2 is 1.82 bits per heavy atom. The number of sulfonamides is 1. The maximum absolute atomic E-state index is 12.8. The highest BCUT2D eigenvalue weighted by Gasteiger charge is 2.30. The molecule has 0 aromatic heterocycles. The van der Waals surface area contributed by atoms with E-state index >= 15 is 0 Å². The first-order valence-electron chi connectivity index (χ1n) is 8.75. The number of methoxy groups -OCH3 is 1. The number of halogens is 1. The molecule has 28 heavy (non-hydrogen) atoms. The lowest BCUT2D eigenvalue weighted by atomic mass is 10.1. The van der Waals surface area contributed by atoms with Gasteiger partial charge < -0.3 is 15.2 Å². The third kappa shape index (κ3) is 4.40. The van der Waals surface area contributed by atoms with Gasteiger partial charge in [0.1, 0.15) is 11.5 Å². The second-order valence-corrected chi connectivity index (χ2v) is 8.84. The SMILES string of the molecule is COc1ccc(S(=O)(=O)N2CCC(NC(=O)c3ccc(O)c(Cl)c3)CC2)cc1. The van der Waals surface area contributed by atoms with Gasteiger partial charge >= 0.3 is 0 Å². The molecule has 2 aromatic carbocycles. The fourth-order valence-corrected chi connectivity index (χ4v) is 4.70. The number of benzene rings is 2. The third-order valence-electron chi connectivity index (χ3n) is 4.70. The molecule has 0 bridgehead atoms. The molecule has 2 N–H and O–H groups in total. The van der Waals surface area contributed by atoms with E-state index in [1.54, 1.807) is 12.1 Å². The minimum Gasteiger partial charge on any atom is -0.506 e. The smallest absolute Gasteiger partial charge is 0.251 e. The molecule has 0 spiro atoms. The van der Waals surface area contributed by atoms with Gasteiger partial charge in [-0.25, -0.2) is 8.42 Å². The Labute approximate surface area is 168 Å². The Hall–Kier alpha value is -2.29. The zero-order chi connectivity index (χ0) is 20.3. The van der Waals surface area contributed by atoms with Crippen LogP contribution in [0.1, 0.15) is 23.2 Å². The molecule has 0 aliphatic carbocycles. The van der Waals surface area contributed by atoms with Crippen LogP contribution in [0, 0.1) is 0 Å². The van der Waals surface area contributed by atoms with Crippen molar-refractivity contribution in [3.05, 3.63) is 53.1 Å². The zero-order valence-electron chi connectivity index (χ0n) is 15.3. The van der Waals surface area contributed by atoms with Gasteiger partial charge in [-0.3, -0.25) is 4.79 Å². The first-order valence-corrected chi connectivity index (χ1v) is 10.6. The lowest BCUT2D eigenvalue weighted by Crippen LogP contribution is -2.46. The molecule has 0 atom stereocenters. The van der Waals surface area contributed by atoms with Crippen LogP contribution in [0.25, 0.3) is 0 Å². The predicted octanol–water partition coefficient (Wildman–Crippen LogP) is 2.64. The standard InChI is InChI=1S/C19H21ClN2O5S/c1-27-15-3-5-16(6-4-15)28(25,26)22-10-8-14(9-11-22)21-19(24)13-2-7-18(23)17(20)12-13/h2-7,12,14,23H,8-11H2,1H3,(H,21,24). The average Bonchev–Trinajstić information content (AvgIpc) is 2.70. The molecule has 7 nitrogen and oxygen atoms in total. The lowest BCUT2D eigenvalue weighted by Gasteiger charge is -2.31. The molecular formula is C19H21ClN2O5S. The summed E-state index contributed by atoms with van der Waals surface area (Å²) in [6, 6.07) is 10.4. The molecule has 1 amide bonds. The Morgan fingerprint density at radius 1 is 1.18 bits per heavy atom. The molecule has 0 saturated carbocycles. The normalized spacial score (nSPS) is 15.9. The molecule has 1 fully saturated rings. The summed E-state index contributed by atoms with van der Waals surface area (Å²) in [6.07, 6.45) is 1.01. The van der Waals surface area contributed by atoms with Gasteiger partial charge in [-0.1, -0.05) is 11.6 Å². The van der Waals surface area contributed by atoms with Gasteiger partial charge in [-0.15, -0.1) is 0 Å². The van der Waals surface area contributed by atoms with Gasteiger partial charge in [0.25, 0.3) is 5.91 Å². The minimum absolute atomic E-state index is 0.0877. The van der Waals surface area contributed by atoms with Crippen LogP contribution in [-0.2, 0) is 10.0 Å². The maximum Gasteiger partial charge on any atom is 0.251 e. The topological polar surface area (TPSA) is 95.9 Å². The van der Waals surface area contributed by atoms with Gasteiger partial charge in [-0.2, -0.15) is 4.31 Å². The van der Waals surface area contributed by atoms with E-state index in [0.29, 0.717) is 37.2 Å². The molecule has 150 valence electrons. The summed E-state index contributed by atoms with van der Waals surface area (Å²) in [5.41, 5.74) is 0.344. The van der Waals surface area contributed by atoms with E-state index < -0.39 is 10.0 Å². The molecule has 1 saturated heterocycles. The largest absolute Gasteiger partial charge is 0.506 e. The van der Waals surface area contributed by atoms with E-state index in [9.17, 15) is 18.3 Å². The highest BCUT2D eigenvalue weighted by atomic mass is 35.5. The number of amides is 1. The monoisotopic (exact) mass is 424 g/mol. The summed E-state index contributed by atoms with van der Waals surface area (Å²) in [7, 11) is -2.06. The van der Waals surface area contributed by atoms with Crippen molar-refractivity contribution in [2.24, 2.45) is 0 Å². The first-order chi connectivity index (χ1) is 13.3. The number of hydrogen-bond donors (Lipinski definition) is 2. The number of hydrogen-bond acceptors (Lipinski definition) is 5. The van der Waals surface area contributed by atoms with Gasteiger partial charge in [-0.05, 0) is 55.3 Å². The minimum atomic E-state index is -3.58. The molecule has 2 aromatic rings. The molecule has 1 aliphatic heterocycles. The first kappa shape index (κ1) is 20.4. The summed E-state index contributed by atoms with van der Waals surface area (Å²) >= 11 is 5.84. The van der Waals surface area contributed by atoms with E-state index in [2.05, 4.69) is 5.32 Å². The van der Waals surface area contributed by atoms with Crippen molar-refractivity contribution >= 4 is 27.5 Å². The summed E-state index contributed by atoms with van der Waals surface area (Å²) in [5, 5.41) is 12.4. The molecule has 1 aliphatic rings. The van der Waals surface area contributed by atoms with Crippen molar-refractivity contribution < 1.29 is 23.1 Å². The number of rotatable bonds is 5. The quantitative estimate of drug-likeness (QED) is 0.769. The number of carbonyl (C=O) groups excluding carboxylic acids is 1. The van der Waals surface area contributed by atoms with Crippen molar-refractivity contribution in [1.82, 2.24) is 9.62 Å². The molecule has 1 heterocycles. The van der Waals surface area contributed by atoms with Crippen LogP contribution in [0.5, 0.6) is 11.5 Å². The van der Waals surface area contributed by atoms with Crippen LogP contribution in [0.15, 0.2) is 47.4 Å². The van der Waals surface area contributed by atoms with Crippen LogP contribution in [0.3, 0.4) is 0 Å². The number of phenolic OH excluding ortho intramolecular Hbond substituents is 1. The second kappa shape index (κ2) is 8.38. The number of nitrogens with zero attached hydrogens (tertiary/aromatic N) is 1. The van der Waals surface area contributed by atoms with E-state index in [1.165, 1.54) is 41.7 Å². The second-order valence-electron chi connectivity index (χ2n) is 6.49. The van der Waals surface area contributed by atoms with Crippen molar-refractivity contribution in [1.29, 1.82) is 0 Å². The van der Waals surface area contributed by atoms with Crippen LogP contribution < -0.4 is 10.1 Å². The average molecular weight is 425 g/mol. The van der Waals surface area contributed by atoms with E-state index in [0.717, 1.165) is 0 Å². The Kier molecular flexibility index (Phi) is 6.12. The van der Waals surface area contributed by atoms with Gasteiger partial charge in [0.05, 0.1) is 17.0 Å². The van der Waals surface area contributed by atoms with Crippen LogP contribution in [-0.4, -0.2) is 50.0 Å². The molecular weight excluding hydrogens is 404 g/mol. The third-order valence-corrected chi connectivity index (χ3v) is 6.91. The summed E-state index contributed by atoms with van der Waals surface area (Å²) < 4.78 is 32.0. The van der Waals surface area contributed by atoms with E-state index in [4.69, 9.17) is 16.3 Å². The number of piperidine rings is 1. The number of nitrogens with one attached hydrogen (secondary N) is 1. The summed E-state index contributed by atoms with van der Waals surface area (Å²) in [5.74, 6) is 0.198. The molecule has 0 radical (unpaired) electrons. The van der Waals surface area contributed by atoms with Gasteiger partial charge in [0, 0.05) is 24.7 Å². The fraction of sp³-hybridized carbons (Fsp3) is 0.316.